The van der Waals surface area contributed by atoms with E-state index in [-0.39, 0.29) is 18.1 Å². The van der Waals surface area contributed by atoms with Crippen molar-refractivity contribution in [2.75, 3.05) is 34.0 Å². The highest BCUT2D eigenvalue weighted by Gasteiger charge is 2.35. The molecule has 0 unspecified atom stereocenters. The van der Waals surface area contributed by atoms with Crippen LogP contribution in [0.15, 0.2) is 24.3 Å². The lowest BCUT2D eigenvalue weighted by atomic mass is 10.1. The van der Waals surface area contributed by atoms with Gasteiger partial charge in [-0.1, -0.05) is 0 Å². The predicted molar refractivity (Wildman–Crippen MR) is 86.8 cm³/mol. The van der Waals surface area contributed by atoms with E-state index in [9.17, 15) is 4.79 Å². The van der Waals surface area contributed by atoms with Gasteiger partial charge in [-0.3, -0.25) is 4.79 Å². The molecule has 1 saturated heterocycles. The molecule has 0 spiro atoms. The average Bonchev–Trinajstić information content (AvgIpc) is 3.32. The summed E-state index contributed by atoms with van der Waals surface area (Å²) in [5.41, 5.74) is 0.682. The Balaban J connectivity index is 1.63. The third-order valence-electron chi connectivity index (χ3n) is 4.61. The maximum atomic E-state index is 12.8. The second-order valence-corrected chi connectivity index (χ2v) is 6.44. The molecule has 1 heterocycles. The summed E-state index contributed by atoms with van der Waals surface area (Å²) in [5.74, 6) is 1.58. The van der Waals surface area contributed by atoms with Crippen molar-refractivity contribution in [1.29, 1.82) is 0 Å². The van der Waals surface area contributed by atoms with Crippen LogP contribution in [0, 0.1) is 5.92 Å². The molecule has 1 aliphatic heterocycles. The number of carbonyl (C=O) groups is 1. The highest BCUT2D eigenvalue weighted by atomic mass is 16.5. The Morgan fingerprint density at radius 3 is 2.52 bits per heavy atom. The van der Waals surface area contributed by atoms with Crippen molar-refractivity contribution in [3.8, 4) is 5.75 Å². The van der Waals surface area contributed by atoms with Crippen molar-refractivity contribution in [2.45, 2.75) is 31.4 Å². The first-order valence-corrected chi connectivity index (χ1v) is 8.26. The van der Waals surface area contributed by atoms with Gasteiger partial charge in [0.2, 0.25) is 0 Å². The number of hydrogen-bond acceptors (Lipinski definition) is 4. The van der Waals surface area contributed by atoms with Gasteiger partial charge in [-0.05, 0) is 49.4 Å². The lowest BCUT2D eigenvalue weighted by Gasteiger charge is -2.24. The molecule has 0 aromatic heterocycles. The zero-order valence-corrected chi connectivity index (χ0v) is 13.9. The van der Waals surface area contributed by atoms with Crippen molar-refractivity contribution < 1.29 is 19.0 Å². The van der Waals surface area contributed by atoms with Gasteiger partial charge in [0.15, 0.2) is 0 Å². The van der Waals surface area contributed by atoms with Crippen molar-refractivity contribution in [3.63, 3.8) is 0 Å². The number of amides is 1. The zero-order valence-electron chi connectivity index (χ0n) is 13.9. The Morgan fingerprint density at radius 2 is 1.91 bits per heavy atom. The molecule has 1 saturated carbocycles. The Bertz CT molecular complexity index is 526. The van der Waals surface area contributed by atoms with Gasteiger partial charge in [-0.2, -0.15) is 0 Å². The first kappa shape index (κ1) is 16.3. The number of carbonyl (C=O) groups excluding carboxylic acids is 1. The number of benzene rings is 1. The van der Waals surface area contributed by atoms with Crippen molar-refractivity contribution in [2.24, 2.45) is 5.92 Å². The van der Waals surface area contributed by atoms with Gasteiger partial charge in [-0.25, -0.2) is 0 Å². The second kappa shape index (κ2) is 7.32. The Kier molecular flexibility index (Phi) is 5.18. The molecular formula is C18H25NO4. The third kappa shape index (κ3) is 4.03. The van der Waals surface area contributed by atoms with E-state index in [0.29, 0.717) is 18.7 Å². The molecule has 2 aliphatic rings. The minimum Gasteiger partial charge on any atom is -0.493 e. The minimum atomic E-state index is 0.0281. The molecule has 2 fully saturated rings. The summed E-state index contributed by atoms with van der Waals surface area (Å²) in [7, 11) is 3.35. The second-order valence-electron chi connectivity index (χ2n) is 6.44. The SMILES string of the molecule is COC[C@@H]1C[C@H](OC)CN1C(=O)c1ccc(OCC2CC2)cc1. The van der Waals surface area contributed by atoms with Crippen molar-refractivity contribution >= 4 is 5.91 Å². The Labute approximate surface area is 137 Å². The van der Waals surface area contributed by atoms with Gasteiger partial charge in [0.1, 0.15) is 5.75 Å². The smallest absolute Gasteiger partial charge is 0.254 e. The monoisotopic (exact) mass is 319 g/mol. The van der Waals surface area contributed by atoms with Crippen LogP contribution in [0.4, 0.5) is 0 Å². The molecular weight excluding hydrogens is 294 g/mol. The number of likely N-dealkylation sites (tertiary alicyclic amines) is 1. The van der Waals surface area contributed by atoms with Crippen LogP contribution in [0.5, 0.6) is 5.75 Å². The van der Waals surface area contributed by atoms with Crippen LogP contribution in [0.2, 0.25) is 0 Å². The summed E-state index contributed by atoms with van der Waals surface area (Å²) in [4.78, 5) is 14.6. The summed E-state index contributed by atoms with van der Waals surface area (Å²) >= 11 is 0. The molecule has 1 aliphatic carbocycles. The number of nitrogens with zero attached hydrogens (tertiary/aromatic N) is 1. The Morgan fingerprint density at radius 1 is 1.17 bits per heavy atom. The van der Waals surface area contributed by atoms with Gasteiger partial charge >= 0.3 is 0 Å². The van der Waals surface area contributed by atoms with E-state index in [0.717, 1.165) is 24.7 Å². The van der Waals surface area contributed by atoms with Crippen molar-refractivity contribution in [3.05, 3.63) is 29.8 Å². The van der Waals surface area contributed by atoms with Gasteiger partial charge in [0, 0.05) is 26.3 Å². The summed E-state index contributed by atoms with van der Waals surface area (Å²) in [6, 6.07) is 7.52. The predicted octanol–water partition coefficient (Wildman–Crippen LogP) is 2.35. The average molecular weight is 319 g/mol. The van der Waals surface area contributed by atoms with Gasteiger partial charge in [0.25, 0.3) is 5.91 Å². The van der Waals surface area contributed by atoms with Crippen LogP contribution in [0.3, 0.4) is 0 Å². The molecule has 126 valence electrons. The number of hydrogen-bond donors (Lipinski definition) is 0. The quantitative estimate of drug-likeness (QED) is 0.774. The number of methoxy groups -OCH3 is 2. The number of rotatable bonds is 7. The van der Waals surface area contributed by atoms with E-state index in [4.69, 9.17) is 14.2 Å². The van der Waals surface area contributed by atoms with E-state index in [1.807, 2.05) is 29.2 Å². The highest BCUT2D eigenvalue weighted by molar-refractivity contribution is 5.94. The van der Waals surface area contributed by atoms with Crippen LogP contribution < -0.4 is 4.74 Å². The standard InChI is InChI=1S/C18H25NO4/c1-21-12-15-9-17(22-2)10-19(15)18(20)14-5-7-16(8-6-14)23-11-13-3-4-13/h5-8,13,15,17H,3-4,9-12H2,1-2H3/t15-,17-/m0/s1. The molecule has 5 nitrogen and oxygen atoms in total. The molecule has 1 aromatic rings. The summed E-state index contributed by atoms with van der Waals surface area (Å²) in [6.45, 7) is 1.93. The summed E-state index contributed by atoms with van der Waals surface area (Å²) in [6.07, 6.45) is 3.44. The molecule has 1 aromatic carbocycles. The number of ether oxygens (including phenoxy) is 3. The lowest BCUT2D eigenvalue weighted by Crippen LogP contribution is -2.38. The minimum absolute atomic E-state index is 0.0281. The van der Waals surface area contributed by atoms with E-state index in [1.165, 1.54) is 12.8 Å². The van der Waals surface area contributed by atoms with E-state index < -0.39 is 0 Å². The summed E-state index contributed by atoms with van der Waals surface area (Å²) < 4.78 is 16.4. The first-order valence-electron chi connectivity index (χ1n) is 8.26. The molecule has 2 atom stereocenters. The Hall–Kier alpha value is -1.59. The van der Waals surface area contributed by atoms with Gasteiger partial charge in [0.05, 0.1) is 25.4 Å². The lowest BCUT2D eigenvalue weighted by molar-refractivity contribution is 0.0612. The topological polar surface area (TPSA) is 48.0 Å². The van der Waals surface area contributed by atoms with E-state index >= 15 is 0 Å². The first-order chi connectivity index (χ1) is 11.2. The molecule has 5 heteroatoms. The molecule has 3 rings (SSSR count). The van der Waals surface area contributed by atoms with Crippen LogP contribution in [0.1, 0.15) is 29.6 Å². The fraction of sp³-hybridized carbons (Fsp3) is 0.611. The largest absolute Gasteiger partial charge is 0.493 e. The maximum Gasteiger partial charge on any atom is 0.254 e. The molecule has 0 radical (unpaired) electrons. The van der Waals surface area contributed by atoms with Crippen molar-refractivity contribution in [1.82, 2.24) is 4.90 Å². The zero-order chi connectivity index (χ0) is 16.2. The van der Waals surface area contributed by atoms with E-state index in [1.54, 1.807) is 14.2 Å². The normalized spacial score (nSPS) is 24.0. The van der Waals surface area contributed by atoms with Gasteiger partial charge in [-0.15, -0.1) is 0 Å². The third-order valence-corrected chi connectivity index (χ3v) is 4.61. The molecule has 23 heavy (non-hydrogen) atoms. The van der Waals surface area contributed by atoms with E-state index in [2.05, 4.69) is 0 Å². The molecule has 0 bridgehead atoms. The maximum absolute atomic E-state index is 12.8. The van der Waals surface area contributed by atoms with Crippen LogP contribution in [-0.4, -0.2) is 56.9 Å². The molecule has 1 amide bonds. The molecule has 0 N–H and O–H groups in total. The van der Waals surface area contributed by atoms with Crippen LogP contribution in [0.25, 0.3) is 0 Å². The van der Waals surface area contributed by atoms with Gasteiger partial charge < -0.3 is 19.1 Å². The fourth-order valence-corrected chi connectivity index (χ4v) is 3.00. The summed E-state index contributed by atoms with van der Waals surface area (Å²) in [5, 5.41) is 0. The van der Waals surface area contributed by atoms with Crippen LogP contribution in [-0.2, 0) is 9.47 Å². The van der Waals surface area contributed by atoms with Crippen LogP contribution >= 0.6 is 0 Å². The fourth-order valence-electron chi connectivity index (χ4n) is 3.00. The highest BCUT2D eigenvalue weighted by Crippen LogP contribution is 2.29.